The fourth-order valence-electron chi connectivity index (χ4n) is 5.22. The van der Waals surface area contributed by atoms with Gasteiger partial charge in [-0.3, -0.25) is 0 Å². The Labute approximate surface area is 275 Å². The lowest BCUT2D eigenvalue weighted by molar-refractivity contribution is -0.153. The minimum absolute atomic E-state index is 0.0120. The molecular formula is C37H42N2O8. The lowest BCUT2D eigenvalue weighted by Crippen LogP contribution is -2.33. The van der Waals surface area contributed by atoms with Crippen LogP contribution >= 0.6 is 0 Å². The standard InChI is InChI=1S/C19H23NO4.C18H19NO4/c1-13(2)17(19(22)23-4)24-18(21)16-11-8-12-20(16)14(3)15-9-6-5-7-10-15;1-13(14-7-4-3-5-8-14)19-12-6-9-15(19)16(20)23-18(10-11-18)17(21)22-2/h5-14,17H,1-4H3;3-9,12-13H,10-11H2,1-2H3/t14-,17-;13-/m11/s1. The second-order valence-electron chi connectivity index (χ2n) is 11.7. The number of carbonyl (C=O) groups is 4. The molecule has 10 heteroatoms. The van der Waals surface area contributed by atoms with E-state index < -0.39 is 35.6 Å². The fraction of sp³-hybridized carbons (Fsp3) is 0.351. The Kier molecular flexibility index (Phi) is 11.4. The van der Waals surface area contributed by atoms with Crippen molar-refractivity contribution >= 4 is 23.9 Å². The van der Waals surface area contributed by atoms with Gasteiger partial charge >= 0.3 is 23.9 Å². The van der Waals surface area contributed by atoms with Crippen molar-refractivity contribution in [2.75, 3.05) is 14.2 Å². The van der Waals surface area contributed by atoms with E-state index in [9.17, 15) is 19.2 Å². The highest BCUT2D eigenvalue weighted by Crippen LogP contribution is 2.41. The molecule has 248 valence electrons. The summed E-state index contributed by atoms with van der Waals surface area (Å²) in [7, 11) is 2.59. The third-order valence-electron chi connectivity index (χ3n) is 8.20. The number of hydrogen-bond donors (Lipinski definition) is 0. The zero-order chi connectivity index (χ0) is 34.1. The SMILES string of the molecule is COC(=O)C1(OC(=O)c2cccn2[C@H](C)c2ccccc2)CC1.COC(=O)[C@H](OC(=O)c1cccn1[C@H](C)c1ccccc1)C(C)C. The van der Waals surface area contributed by atoms with Crippen molar-refractivity contribution in [1.82, 2.24) is 9.13 Å². The maximum absolute atomic E-state index is 12.5. The molecule has 1 aliphatic carbocycles. The van der Waals surface area contributed by atoms with E-state index in [2.05, 4.69) is 0 Å². The molecular weight excluding hydrogens is 600 g/mol. The smallest absolute Gasteiger partial charge is 0.356 e. The number of aromatic nitrogens is 2. The third-order valence-corrected chi connectivity index (χ3v) is 8.20. The number of methoxy groups -OCH3 is 2. The molecule has 2 heterocycles. The molecule has 0 unspecified atom stereocenters. The minimum Gasteiger partial charge on any atom is -0.466 e. The van der Waals surface area contributed by atoms with Crippen LogP contribution < -0.4 is 0 Å². The predicted octanol–water partition coefficient (Wildman–Crippen LogP) is 6.41. The molecule has 0 radical (unpaired) electrons. The highest BCUT2D eigenvalue weighted by Gasteiger charge is 2.55. The average Bonchev–Trinajstić information content (AvgIpc) is 3.46. The Balaban J connectivity index is 0.000000213. The van der Waals surface area contributed by atoms with E-state index in [4.69, 9.17) is 18.9 Å². The normalized spacial score (nSPS) is 14.9. The Bertz CT molecular complexity index is 1650. The van der Waals surface area contributed by atoms with Gasteiger partial charge in [0.25, 0.3) is 0 Å². The van der Waals surface area contributed by atoms with Gasteiger partial charge in [0, 0.05) is 31.2 Å². The van der Waals surface area contributed by atoms with Crippen LogP contribution in [0.3, 0.4) is 0 Å². The summed E-state index contributed by atoms with van der Waals surface area (Å²) in [6.45, 7) is 7.63. The Hall–Kier alpha value is -5.12. The molecule has 47 heavy (non-hydrogen) atoms. The van der Waals surface area contributed by atoms with Crippen LogP contribution in [0.2, 0.25) is 0 Å². The lowest BCUT2D eigenvalue weighted by Gasteiger charge is -2.21. The fourth-order valence-corrected chi connectivity index (χ4v) is 5.22. The quantitative estimate of drug-likeness (QED) is 0.136. The van der Waals surface area contributed by atoms with Crippen molar-refractivity contribution in [2.45, 2.75) is 64.3 Å². The first-order valence-electron chi connectivity index (χ1n) is 15.6. The number of esters is 4. The minimum atomic E-state index is -1.09. The van der Waals surface area contributed by atoms with Crippen molar-refractivity contribution < 1.29 is 38.1 Å². The zero-order valence-electron chi connectivity index (χ0n) is 27.6. The Morgan fingerprint density at radius 1 is 0.638 bits per heavy atom. The molecule has 0 aliphatic heterocycles. The number of ether oxygens (including phenoxy) is 4. The first kappa shape index (κ1) is 34.7. The highest BCUT2D eigenvalue weighted by atomic mass is 16.6. The first-order valence-corrected chi connectivity index (χ1v) is 15.6. The molecule has 1 aliphatic rings. The maximum Gasteiger partial charge on any atom is 0.356 e. The second-order valence-corrected chi connectivity index (χ2v) is 11.7. The molecule has 5 rings (SSSR count). The van der Waals surface area contributed by atoms with E-state index in [0.717, 1.165) is 11.1 Å². The van der Waals surface area contributed by atoms with Crippen LogP contribution in [0.1, 0.15) is 84.7 Å². The average molecular weight is 643 g/mol. The first-order chi connectivity index (χ1) is 22.5. The monoisotopic (exact) mass is 642 g/mol. The zero-order valence-corrected chi connectivity index (χ0v) is 27.6. The topological polar surface area (TPSA) is 115 Å². The summed E-state index contributed by atoms with van der Waals surface area (Å²) in [5.41, 5.74) is 1.91. The van der Waals surface area contributed by atoms with Gasteiger partial charge in [-0.05, 0) is 49.2 Å². The molecule has 4 aromatic rings. The van der Waals surface area contributed by atoms with Gasteiger partial charge in [-0.2, -0.15) is 0 Å². The number of benzene rings is 2. The van der Waals surface area contributed by atoms with Crippen LogP contribution in [0.25, 0.3) is 0 Å². The van der Waals surface area contributed by atoms with Gasteiger partial charge in [0.1, 0.15) is 11.4 Å². The summed E-state index contributed by atoms with van der Waals surface area (Å²) in [6.07, 6.45) is 3.78. The summed E-state index contributed by atoms with van der Waals surface area (Å²) in [5.74, 6) is -2.24. The van der Waals surface area contributed by atoms with Crippen LogP contribution in [0, 0.1) is 5.92 Å². The van der Waals surface area contributed by atoms with E-state index in [1.165, 1.54) is 14.2 Å². The van der Waals surface area contributed by atoms with Crippen LogP contribution in [0.15, 0.2) is 97.3 Å². The Morgan fingerprint density at radius 3 is 1.51 bits per heavy atom. The molecule has 0 spiro atoms. The summed E-state index contributed by atoms with van der Waals surface area (Å²) in [5, 5.41) is 0. The number of rotatable bonds is 11. The van der Waals surface area contributed by atoms with Gasteiger partial charge in [0.05, 0.1) is 26.3 Å². The lowest BCUT2D eigenvalue weighted by atomic mass is 10.1. The van der Waals surface area contributed by atoms with Crippen molar-refractivity contribution in [3.05, 3.63) is 120 Å². The molecule has 10 nitrogen and oxygen atoms in total. The summed E-state index contributed by atoms with van der Waals surface area (Å²) < 4.78 is 24.0. The molecule has 1 saturated carbocycles. The summed E-state index contributed by atoms with van der Waals surface area (Å²) in [4.78, 5) is 48.6. The van der Waals surface area contributed by atoms with E-state index in [1.807, 2.05) is 96.0 Å². The molecule has 2 aromatic heterocycles. The molecule has 3 atom stereocenters. The van der Waals surface area contributed by atoms with Gasteiger partial charge in [0.2, 0.25) is 11.7 Å². The van der Waals surface area contributed by atoms with Gasteiger partial charge in [0.15, 0.2) is 0 Å². The van der Waals surface area contributed by atoms with Crippen molar-refractivity contribution in [3.63, 3.8) is 0 Å². The van der Waals surface area contributed by atoms with Gasteiger partial charge in [-0.25, -0.2) is 19.2 Å². The predicted molar refractivity (Wildman–Crippen MR) is 175 cm³/mol. The van der Waals surface area contributed by atoms with Crippen LogP contribution in [-0.2, 0) is 28.5 Å². The summed E-state index contributed by atoms with van der Waals surface area (Å²) in [6, 6.07) is 26.7. The van der Waals surface area contributed by atoms with Crippen LogP contribution in [0.5, 0.6) is 0 Å². The van der Waals surface area contributed by atoms with Gasteiger partial charge in [-0.1, -0.05) is 74.5 Å². The summed E-state index contributed by atoms with van der Waals surface area (Å²) >= 11 is 0. The Morgan fingerprint density at radius 2 is 1.11 bits per heavy atom. The molecule has 0 bridgehead atoms. The number of carbonyl (C=O) groups excluding carboxylic acids is 4. The van der Waals surface area contributed by atoms with Crippen LogP contribution in [0.4, 0.5) is 0 Å². The molecule has 0 N–H and O–H groups in total. The van der Waals surface area contributed by atoms with Crippen LogP contribution in [-0.4, -0.2) is 58.9 Å². The van der Waals surface area contributed by atoms with E-state index in [1.54, 1.807) is 38.1 Å². The largest absolute Gasteiger partial charge is 0.466 e. The van der Waals surface area contributed by atoms with Crippen molar-refractivity contribution in [2.24, 2.45) is 5.92 Å². The third kappa shape index (κ3) is 8.19. The van der Waals surface area contributed by atoms with E-state index >= 15 is 0 Å². The van der Waals surface area contributed by atoms with Crippen molar-refractivity contribution in [3.8, 4) is 0 Å². The van der Waals surface area contributed by atoms with E-state index in [-0.39, 0.29) is 18.0 Å². The molecule has 0 amide bonds. The molecule has 1 fully saturated rings. The number of hydrogen-bond acceptors (Lipinski definition) is 8. The molecule has 0 saturated heterocycles. The van der Waals surface area contributed by atoms with Gasteiger partial charge in [-0.15, -0.1) is 0 Å². The molecule has 2 aromatic carbocycles. The second kappa shape index (κ2) is 15.4. The van der Waals surface area contributed by atoms with Crippen molar-refractivity contribution in [1.29, 1.82) is 0 Å². The van der Waals surface area contributed by atoms with Gasteiger partial charge < -0.3 is 28.1 Å². The number of nitrogens with zero attached hydrogens (tertiary/aromatic N) is 2. The maximum atomic E-state index is 12.5. The highest BCUT2D eigenvalue weighted by molar-refractivity contribution is 5.93. The van der Waals surface area contributed by atoms with E-state index in [0.29, 0.717) is 24.2 Å².